The molecule has 8 heteroatoms. The molecule has 1 heterocycles. The molecule has 0 bridgehead atoms. The quantitative estimate of drug-likeness (QED) is 0.476. The summed E-state index contributed by atoms with van der Waals surface area (Å²) in [4.78, 5) is 29.8. The number of benzene rings is 2. The number of hydrazone groups is 1. The van der Waals surface area contributed by atoms with Crippen LogP contribution in [0, 0.1) is 0 Å². The number of aromatic nitrogens is 1. The van der Waals surface area contributed by atoms with E-state index in [2.05, 4.69) is 20.8 Å². The van der Waals surface area contributed by atoms with E-state index in [9.17, 15) is 9.59 Å². The average Bonchev–Trinajstić information content (AvgIpc) is 3.16. The molecule has 1 aromatic heterocycles. The Labute approximate surface area is 166 Å². The first-order valence-corrected chi connectivity index (χ1v) is 9.43. The van der Waals surface area contributed by atoms with Crippen LogP contribution in [0.15, 0.2) is 71.1 Å². The summed E-state index contributed by atoms with van der Waals surface area (Å²) in [6.07, 6.45) is 1.45. The van der Waals surface area contributed by atoms with Gasteiger partial charge < -0.3 is 5.32 Å². The molecule has 0 fully saturated rings. The Bertz CT molecular complexity index is 957. The highest BCUT2D eigenvalue weighted by molar-refractivity contribution is 7.14. The standard InChI is InChI=1S/C20H19N5O2S/c1-15(26)25(18-10-6-3-7-11-18)20-23-17(14-28-20)12-22-24-19(27)13-21-16-8-4-2-5-9-16/h2-12,14,21H,13H2,1H3,(H,24,27)/b22-12-. The van der Waals surface area contributed by atoms with Crippen molar-refractivity contribution in [1.29, 1.82) is 0 Å². The number of para-hydroxylation sites is 2. The van der Waals surface area contributed by atoms with Crippen LogP contribution in [0.4, 0.5) is 16.5 Å². The van der Waals surface area contributed by atoms with Gasteiger partial charge in [-0.25, -0.2) is 10.4 Å². The van der Waals surface area contributed by atoms with Crippen molar-refractivity contribution < 1.29 is 9.59 Å². The van der Waals surface area contributed by atoms with Gasteiger partial charge in [0, 0.05) is 18.0 Å². The summed E-state index contributed by atoms with van der Waals surface area (Å²) in [7, 11) is 0. The molecule has 0 aliphatic rings. The molecule has 3 aromatic rings. The summed E-state index contributed by atoms with van der Waals surface area (Å²) < 4.78 is 0. The van der Waals surface area contributed by atoms with Crippen molar-refractivity contribution >= 4 is 45.9 Å². The molecule has 142 valence electrons. The van der Waals surface area contributed by atoms with E-state index in [4.69, 9.17) is 0 Å². The first kappa shape index (κ1) is 19.2. The van der Waals surface area contributed by atoms with Gasteiger partial charge in [-0.3, -0.25) is 14.5 Å². The van der Waals surface area contributed by atoms with Gasteiger partial charge in [0.2, 0.25) is 5.91 Å². The largest absolute Gasteiger partial charge is 0.376 e. The monoisotopic (exact) mass is 393 g/mol. The van der Waals surface area contributed by atoms with Gasteiger partial charge in [-0.15, -0.1) is 11.3 Å². The number of amides is 2. The van der Waals surface area contributed by atoms with Crippen molar-refractivity contribution in [3.63, 3.8) is 0 Å². The van der Waals surface area contributed by atoms with E-state index >= 15 is 0 Å². The molecule has 0 spiro atoms. The fourth-order valence-electron chi connectivity index (χ4n) is 2.39. The number of rotatable bonds is 7. The van der Waals surface area contributed by atoms with E-state index in [0.717, 1.165) is 11.4 Å². The Morgan fingerprint density at radius 2 is 1.79 bits per heavy atom. The Hall–Kier alpha value is -3.52. The molecule has 3 rings (SSSR count). The van der Waals surface area contributed by atoms with Gasteiger partial charge in [0.15, 0.2) is 5.13 Å². The number of nitrogens with zero attached hydrogens (tertiary/aromatic N) is 3. The van der Waals surface area contributed by atoms with Crippen LogP contribution in [0.2, 0.25) is 0 Å². The zero-order chi connectivity index (χ0) is 19.8. The molecule has 2 amide bonds. The number of hydrogen-bond acceptors (Lipinski definition) is 6. The van der Waals surface area contributed by atoms with Gasteiger partial charge in [0.25, 0.3) is 5.91 Å². The maximum atomic E-state index is 12.0. The minimum absolute atomic E-state index is 0.107. The second kappa shape index (κ2) is 9.43. The smallest absolute Gasteiger partial charge is 0.259 e. The van der Waals surface area contributed by atoms with E-state index in [1.54, 1.807) is 5.38 Å². The van der Waals surface area contributed by atoms with E-state index in [-0.39, 0.29) is 18.4 Å². The second-order valence-corrected chi connectivity index (χ2v) is 6.59. The molecule has 2 N–H and O–H groups in total. The number of carbonyl (C=O) groups excluding carboxylic acids is 2. The molecule has 0 aliphatic carbocycles. The molecule has 2 aromatic carbocycles. The number of nitrogens with one attached hydrogen (secondary N) is 2. The van der Waals surface area contributed by atoms with Crippen LogP contribution in [-0.2, 0) is 9.59 Å². The normalized spacial score (nSPS) is 10.6. The fraction of sp³-hybridized carbons (Fsp3) is 0.100. The number of anilines is 3. The third-order valence-corrected chi connectivity index (χ3v) is 4.49. The maximum Gasteiger partial charge on any atom is 0.259 e. The number of carbonyl (C=O) groups is 2. The van der Waals surface area contributed by atoms with E-state index in [1.165, 1.54) is 29.4 Å². The van der Waals surface area contributed by atoms with Gasteiger partial charge in [-0.05, 0) is 24.3 Å². The van der Waals surface area contributed by atoms with Gasteiger partial charge in [0.05, 0.1) is 24.1 Å². The molecule has 0 saturated heterocycles. The summed E-state index contributed by atoms with van der Waals surface area (Å²) in [6, 6.07) is 18.7. The van der Waals surface area contributed by atoms with Crippen molar-refractivity contribution in [3.8, 4) is 0 Å². The van der Waals surface area contributed by atoms with Crippen LogP contribution in [-0.4, -0.2) is 29.6 Å². The van der Waals surface area contributed by atoms with Crippen molar-refractivity contribution in [2.45, 2.75) is 6.92 Å². The van der Waals surface area contributed by atoms with Crippen LogP contribution >= 0.6 is 11.3 Å². The molecule has 0 atom stereocenters. The average molecular weight is 393 g/mol. The van der Waals surface area contributed by atoms with Gasteiger partial charge in [0.1, 0.15) is 0 Å². The molecule has 0 unspecified atom stereocenters. The van der Waals surface area contributed by atoms with E-state index in [0.29, 0.717) is 10.8 Å². The fourth-order valence-corrected chi connectivity index (χ4v) is 3.23. The van der Waals surface area contributed by atoms with Crippen LogP contribution < -0.4 is 15.6 Å². The highest BCUT2D eigenvalue weighted by atomic mass is 32.1. The zero-order valence-corrected chi connectivity index (χ0v) is 16.0. The topological polar surface area (TPSA) is 86.7 Å². The molecule has 0 radical (unpaired) electrons. The van der Waals surface area contributed by atoms with Gasteiger partial charge in [-0.1, -0.05) is 36.4 Å². The lowest BCUT2D eigenvalue weighted by Crippen LogP contribution is -2.25. The first-order chi connectivity index (χ1) is 13.6. The molecule has 28 heavy (non-hydrogen) atoms. The predicted molar refractivity (Wildman–Crippen MR) is 112 cm³/mol. The maximum absolute atomic E-state index is 12.0. The molecule has 7 nitrogen and oxygen atoms in total. The SMILES string of the molecule is CC(=O)N(c1ccccc1)c1nc(/C=N\NC(=O)CNc2ccccc2)cs1. The predicted octanol–water partition coefficient (Wildman–Crippen LogP) is 3.39. The second-order valence-electron chi connectivity index (χ2n) is 5.76. The summed E-state index contributed by atoms with van der Waals surface area (Å²) in [5, 5.41) is 9.23. The van der Waals surface area contributed by atoms with Crippen LogP contribution in [0.5, 0.6) is 0 Å². The Balaban J connectivity index is 1.57. The van der Waals surface area contributed by atoms with Crippen molar-refractivity contribution in [2.75, 3.05) is 16.8 Å². The highest BCUT2D eigenvalue weighted by Crippen LogP contribution is 2.28. The van der Waals surface area contributed by atoms with Gasteiger partial charge >= 0.3 is 0 Å². The lowest BCUT2D eigenvalue weighted by atomic mass is 10.3. The molecular formula is C20H19N5O2S. The van der Waals surface area contributed by atoms with E-state index in [1.807, 2.05) is 60.7 Å². The Morgan fingerprint density at radius 1 is 1.11 bits per heavy atom. The van der Waals surface area contributed by atoms with Crippen molar-refractivity contribution in [1.82, 2.24) is 10.4 Å². The Kier molecular flexibility index (Phi) is 6.48. The summed E-state index contributed by atoms with van der Waals surface area (Å²) in [5.41, 5.74) is 4.60. The number of thiazole rings is 1. The number of hydrogen-bond donors (Lipinski definition) is 2. The molecular weight excluding hydrogens is 374 g/mol. The van der Waals surface area contributed by atoms with Crippen molar-refractivity contribution in [3.05, 3.63) is 71.7 Å². The molecule has 0 aliphatic heterocycles. The van der Waals surface area contributed by atoms with Crippen LogP contribution in [0.3, 0.4) is 0 Å². The van der Waals surface area contributed by atoms with Crippen LogP contribution in [0.1, 0.15) is 12.6 Å². The zero-order valence-electron chi connectivity index (χ0n) is 15.2. The lowest BCUT2D eigenvalue weighted by Gasteiger charge is -2.17. The molecule has 0 saturated carbocycles. The third kappa shape index (κ3) is 5.24. The van der Waals surface area contributed by atoms with Crippen molar-refractivity contribution in [2.24, 2.45) is 5.10 Å². The Morgan fingerprint density at radius 3 is 2.46 bits per heavy atom. The first-order valence-electron chi connectivity index (χ1n) is 8.55. The summed E-state index contributed by atoms with van der Waals surface area (Å²) >= 11 is 1.32. The minimum atomic E-state index is -0.273. The van der Waals surface area contributed by atoms with E-state index < -0.39 is 0 Å². The summed E-state index contributed by atoms with van der Waals surface area (Å²) in [6.45, 7) is 1.60. The van der Waals surface area contributed by atoms with Crippen LogP contribution in [0.25, 0.3) is 0 Å². The highest BCUT2D eigenvalue weighted by Gasteiger charge is 2.17. The minimum Gasteiger partial charge on any atom is -0.376 e. The summed E-state index contributed by atoms with van der Waals surface area (Å²) in [5.74, 6) is -0.408. The lowest BCUT2D eigenvalue weighted by molar-refractivity contribution is -0.119. The third-order valence-electron chi connectivity index (χ3n) is 3.64. The van der Waals surface area contributed by atoms with Gasteiger partial charge in [-0.2, -0.15) is 5.10 Å².